The molecule has 1 aromatic carbocycles. The third-order valence-electron chi connectivity index (χ3n) is 3.03. The molecule has 0 aliphatic carbocycles. The van der Waals surface area contributed by atoms with Crippen molar-refractivity contribution in [1.82, 2.24) is 4.90 Å². The second-order valence-corrected chi connectivity index (χ2v) is 6.02. The van der Waals surface area contributed by atoms with Gasteiger partial charge in [-0.15, -0.1) is 0 Å². The van der Waals surface area contributed by atoms with Gasteiger partial charge in [-0.25, -0.2) is 0 Å². The fourth-order valence-electron chi connectivity index (χ4n) is 1.92. The number of hydrogen-bond acceptors (Lipinski definition) is 3. The number of nitrogens with zero attached hydrogens (tertiary/aromatic N) is 1. The highest BCUT2D eigenvalue weighted by Crippen LogP contribution is 2.32. The predicted molar refractivity (Wildman–Crippen MR) is 83.7 cm³/mol. The first-order valence-electron chi connectivity index (χ1n) is 6.62. The molecular formula is C15H16ClNO2S. The summed E-state index contributed by atoms with van der Waals surface area (Å²) in [6, 6.07) is 7.18. The van der Waals surface area contributed by atoms with Crippen molar-refractivity contribution in [3.8, 4) is 0 Å². The smallest absolute Gasteiger partial charge is 0.268 e. The molecule has 5 heteroatoms. The van der Waals surface area contributed by atoms with E-state index in [0.717, 1.165) is 36.6 Å². The summed E-state index contributed by atoms with van der Waals surface area (Å²) in [5, 5.41) is 0.473. The first kappa shape index (κ1) is 15.1. The molecule has 0 unspecified atom stereocenters. The molecule has 1 saturated heterocycles. The highest BCUT2D eigenvalue weighted by atomic mass is 35.5. The molecule has 0 bridgehead atoms. The van der Waals surface area contributed by atoms with Crippen LogP contribution in [0.25, 0.3) is 6.08 Å². The van der Waals surface area contributed by atoms with Gasteiger partial charge in [-0.2, -0.15) is 0 Å². The first-order chi connectivity index (χ1) is 9.61. The Morgan fingerprint density at radius 3 is 2.55 bits per heavy atom. The van der Waals surface area contributed by atoms with Gasteiger partial charge < -0.3 is 0 Å². The monoisotopic (exact) mass is 309 g/mol. The maximum atomic E-state index is 12.2. The molecule has 0 saturated carbocycles. The number of benzene rings is 1. The minimum absolute atomic E-state index is 0.175. The maximum absolute atomic E-state index is 12.2. The van der Waals surface area contributed by atoms with Crippen LogP contribution in [0.15, 0.2) is 29.2 Å². The number of hydrogen-bond donors (Lipinski definition) is 0. The zero-order valence-electron chi connectivity index (χ0n) is 11.3. The lowest BCUT2D eigenvalue weighted by atomic mass is 10.2. The SMILES string of the molecule is CCCCCN1C(=O)S/C(=C\c2ccc(Cl)cc2)C1=O. The summed E-state index contributed by atoms with van der Waals surface area (Å²) < 4.78 is 0. The van der Waals surface area contributed by atoms with Crippen LogP contribution < -0.4 is 0 Å². The minimum atomic E-state index is -0.189. The van der Waals surface area contributed by atoms with Crippen molar-refractivity contribution in [3.05, 3.63) is 39.8 Å². The van der Waals surface area contributed by atoms with Crippen LogP contribution in [-0.4, -0.2) is 22.6 Å². The van der Waals surface area contributed by atoms with Gasteiger partial charge in [0, 0.05) is 11.6 Å². The van der Waals surface area contributed by atoms with Crippen LogP contribution in [0.1, 0.15) is 31.7 Å². The summed E-state index contributed by atoms with van der Waals surface area (Å²) in [5.74, 6) is -0.189. The lowest BCUT2D eigenvalue weighted by Crippen LogP contribution is -2.29. The van der Waals surface area contributed by atoms with Crippen LogP contribution in [0.4, 0.5) is 4.79 Å². The maximum Gasteiger partial charge on any atom is 0.293 e. The van der Waals surface area contributed by atoms with E-state index in [0.29, 0.717) is 16.5 Å². The van der Waals surface area contributed by atoms with Crippen molar-refractivity contribution in [1.29, 1.82) is 0 Å². The highest BCUT2D eigenvalue weighted by molar-refractivity contribution is 8.18. The number of imide groups is 1. The molecule has 1 heterocycles. The number of carbonyl (C=O) groups is 2. The van der Waals surface area contributed by atoms with E-state index in [1.165, 1.54) is 4.90 Å². The number of rotatable bonds is 5. The van der Waals surface area contributed by atoms with Gasteiger partial charge in [-0.05, 0) is 42.0 Å². The molecule has 0 N–H and O–H groups in total. The van der Waals surface area contributed by atoms with Crippen LogP contribution in [0.2, 0.25) is 5.02 Å². The van der Waals surface area contributed by atoms with E-state index in [2.05, 4.69) is 6.92 Å². The third-order valence-corrected chi connectivity index (χ3v) is 4.19. The molecule has 20 heavy (non-hydrogen) atoms. The van der Waals surface area contributed by atoms with Crippen LogP contribution in [0.3, 0.4) is 0 Å². The average molecular weight is 310 g/mol. The Balaban J connectivity index is 2.09. The van der Waals surface area contributed by atoms with E-state index in [1.807, 2.05) is 12.1 Å². The van der Waals surface area contributed by atoms with E-state index in [9.17, 15) is 9.59 Å². The molecule has 1 aliphatic rings. The zero-order valence-corrected chi connectivity index (χ0v) is 12.8. The number of unbranched alkanes of at least 4 members (excludes halogenated alkanes) is 2. The fourth-order valence-corrected chi connectivity index (χ4v) is 2.91. The second kappa shape index (κ2) is 6.95. The van der Waals surface area contributed by atoms with Crippen molar-refractivity contribution in [2.24, 2.45) is 0 Å². The lowest BCUT2D eigenvalue weighted by molar-refractivity contribution is -0.122. The summed E-state index contributed by atoms with van der Waals surface area (Å²) in [7, 11) is 0. The molecule has 2 amide bonds. The van der Waals surface area contributed by atoms with Gasteiger partial charge >= 0.3 is 0 Å². The number of thioether (sulfide) groups is 1. The van der Waals surface area contributed by atoms with E-state index in [-0.39, 0.29) is 11.1 Å². The Morgan fingerprint density at radius 2 is 1.90 bits per heavy atom. The number of halogens is 1. The molecule has 0 spiro atoms. The van der Waals surface area contributed by atoms with Crippen LogP contribution in [-0.2, 0) is 4.79 Å². The number of amides is 2. The van der Waals surface area contributed by atoms with Crippen LogP contribution in [0.5, 0.6) is 0 Å². The van der Waals surface area contributed by atoms with Gasteiger partial charge in [0.25, 0.3) is 11.1 Å². The van der Waals surface area contributed by atoms with Gasteiger partial charge in [-0.1, -0.05) is 43.5 Å². The zero-order chi connectivity index (χ0) is 14.5. The fraction of sp³-hybridized carbons (Fsp3) is 0.333. The lowest BCUT2D eigenvalue weighted by Gasteiger charge is -2.11. The van der Waals surface area contributed by atoms with Crippen molar-refractivity contribution in [2.75, 3.05) is 6.54 Å². The third kappa shape index (κ3) is 3.64. The molecule has 2 rings (SSSR count). The highest BCUT2D eigenvalue weighted by Gasteiger charge is 2.34. The molecule has 0 aromatic heterocycles. The second-order valence-electron chi connectivity index (χ2n) is 4.59. The van der Waals surface area contributed by atoms with Gasteiger partial charge in [0.05, 0.1) is 4.91 Å². The summed E-state index contributed by atoms with van der Waals surface area (Å²) in [6.45, 7) is 2.60. The normalized spacial score (nSPS) is 17.3. The molecule has 3 nitrogen and oxygen atoms in total. The quantitative estimate of drug-likeness (QED) is 0.591. The predicted octanol–water partition coefficient (Wildman–Crippen LogP) is 4.57. The van der Waals surface area contributed by atoms with Gasteiger partial charge in [0.15, 0.2) is 0 Å². The Hall–Kier alpha value is -1.26. The summed E-state index contributed by atoms with van der Waals surface area (Å²) in [6.07, 6.45) is 4.69. The van der Waals surface area contributed by atoms with Crippen LogP contribution >= 0.6 is 23.4 Å². The molecule has 0 radical (unpaired) electrons. The summed E-state index contributed by atoms with van der Waals surface area (Å²) >= 11 is 6.82. The molecule has 106 valence electrons. The summed E-state index contributed by atoms with van der Waals surface area (Å²) in [4.78, 5) is 25.8. The van der Waals surface area contributed by atoms with E-state index in [1.54, 1.807) is 18.2 Å². The van der Waals surface area contributed by atoms with Crippen LogP contribution in [0, 0.1) is 0 Å². The topological polar surface area (TPSA) is 37.4 Å². The molecular weight excluding hydrogens is 294 g/mol. The van der Waals surface area contributed by atoms with E-state index >= 15 is 0 Å². The van der Waals surface area contributed by atoms with E-state index < -0.39 is 0 Å². The Kier molecular flexibility index (Phi) is 5.26. The summed E-state index contributed by atoms with van der Waals surface area (Å²) in [5.41, 5.74) is 0.869. The first-order valence-corrected chi connectivity index (χ1v) is 7.82. The van der Waals surface area contributed by atoms with Crippen molar-refractivity contribution in [2.45, 2.75) is 26.2 Å². The largest absolute Gasteiger partial charge is 0.293 e. The van der Waals surface area contributed by atoms with E-state index in [4.69, 9.17) is 11.6 Å². The molecule has 1 fully saturated rings. The van der Waals surface area contributed by atoms with Crippen molar-refractivity contribution < 1.29 is 9.59 Å². The Morgan fingerprint density at radius 1 is 1.20 bits per heavy atom. The number of carbonyl (C=O) groups excluding carboxylic acids is 2. The van der Waals surface area contributed by atoms with Gasteiger partial charge in [0.1, 0.15) is 0 Å². The molecule has 0 atom stereocenters. The van der Waals surface area contributed by atoms with Gasteiger partial charge in [-0.3, -0.25) is 14.5 Å². The minimum Gasteiger partial charge on any atom is -0.268 e. The Bertz CT molecular complexity index is 539. The molecule has 1 aromatic rings. The van der Waals surface area contributed by atoms with Crippen molar-refractivity contribution >= 4 is 40.6 Å². The van der Waals surface area contributed by atoms with Gasteiger partial charge in [0.2, 0.25) is 0 Å². The molecule has 1 aliphatic heterocycles. The Labute approximate surface area is 128 Å². The van der Waals surface area contributed by atoms with Crippen molar-refractivity contribution in [3.63, 3.8) is 0 Å². The average Bonchev–Trinajstić information content (AvgIpc) is 2.69. The standard InChI is InChI=1S/C15H16ClNO2S/c1-2-3-4-9-17-14(18)13(20-15(17)19)10-11-5-7-12(16)8-6-11/h5-8,10H,2-4,9H2,1H3/b13-10-.